The highest BCUT2D eigenvalue weighted by atomic mass is 16.5. The third-order valence-corrected chi connectivity index (χ3v) is 4.43. The summed E-state index contributed by atoms with van der Waals surface area (Å²) >= 11 is 0. The van der Waals surface area contributed by atoms with Crippen molar-refractivity contribution in [2.45, 2.75) is 103 Å². The van der Waals surface area contributed by atoms with Gasteiger partial charge in [-0.1, -0.05) is 84.0 Å². The molecule has 4 nitrogen and oxygen atoms in total. The van der Waals surface area contributed by atoms with Crippen LogP contribution in [0.5, 0.6) is 0 Å². The van der Waals surface area contributed by atoms with Crippen LogP contribution in [0, 0.1) is 5.21 Å². The van der Waals surface area contributed by atoms with Crippen molar-refractivity contribution in [2.75, 3.05) is 13.1 Å². The molecule has 0 aliphatic rings. The average Bonchev–Trinajstić information content (AvgIpc) is 2.56. The van der Waals surface area contributed by atoms with Gasteiger partial charge in [-0.3, -0.25) is 0 Å². The maximum atomic E-state index is 11.6. The van der Waals surface area contributed by atoms with Crippen molar-refractivity contribution in [1.29, 1.82) is 0 Å². The minimum atomic E-state index is -0.227. The molecule has 0 aromatic carbocycles. The number of hydrogen-bond donors (Lipinski definition) is 2. The smallest absolute Gasteiger partial charge is 0.312 e. The molecule has 0 aliphatic carbocycles. The molecule has 1 atom stereocenters. The second-order valence-electron chi connectivity index (χ2n) is 6.73. The lowest BCUT2D eigenvalue weighted by Crippen LogP contribution is -3.10. The van der Waals surface area contributed by atoms with E-state index in [4.69, 9.17) is 5.73 Å². The number of unbranched alkanes of at least 4 members (excludes halogenated alkanes) is 12. The monoisotopic (exact) mass is 328 g/mol. The Morgan fingerprint density at radius 2 is 1.22 bits per heavy atom. The lowest BCUT2D eigenvalue weighted by atomic mass is 10.0. The molecule has 0 aromatic rings. The van der Waals surface area contributed by atoms with Gasteiger partial charge in [-0.2, -0.15) is 0 Å². The normalized spacial score (nSPS) is 12.5. The van der Waals surface area contributed by atoms with E-state index in [1.165, 1.54) is 70.6 Å². The number of rotatable bonds is 17. The van der Waals surface area contributed by atoms with Gasteiger partial charge in [-0.15, -0.1) is 0 Å². The van der Waals surface area contributed by atoms with Gasteiger partial charge in [0.25, 0.3) is 0 Å². The van der Waals surface area contributed by atoms with Gasteiger partial charge < -0.3 is 16.0 Å². The first-order valence-electron chi connectivity index (χ1n) is 9.98. The van der Waals surface area contributed by atoms with Crippen LogP contribution in [-0.4, -0.2) is 19.0 Å². The summed E-state index contributed by atoms with van der Waals surface area (Å²) in [6.07, 6.45) is 17.8. The molecular formula is C19H40N2O2. The molecule has 0 radical (unpaired) electrons. The van der Waals surface area contributed by atoms with Crippen molar-refractivity contribution in [2.24, 2.45) is 5.73 Å². The topological polar surface area (TPSA) is 70.6 Å². The van der Waals surface area contributed by atoms with Gasteiger partial charge in [0.1, 0.15) is 0 Å². The zero-order chi connectivity index (χ0) is 17.2. The fourth-order valence-electron chi connectivity index (χ4n) is 2.84. The first-order valence-corrected chi connectivity index (χ1v) is 9.98. The maximum absolute atomic E-state index is 11.6. The summed E-state index contributed by atoms with van der Waals surface area (Å²) in [5, 5.41) is 11.2. The molecule has 0 heterocycles. The van der Waals surface area contributed by atoms with E-state index >= 15 is 0 Å². The van der Waals surface area contributed by atoms with Crippen LogP contribution in [0.4, 0.5) is 0 Å². The molecule has 4 heteroatoms. The molecule has 0 saturated carbocycles. The summed E-state index contributed by atoms with van der Waals surface area (Å²) in [4.78, 5) is 11.6. The Labute approximate surface area is 143 Å². The molecule has 0 aliphatic heterocycles. The second-order valence-corrected chi connectivity index (χ2v) is 6.73. The van der Waals surface area contributed by atoms with E-state index in [-0.39, 0.29) is 11.0 Å². The molecular weight excluding hydrogens is 288 g/mol. The van der Waals surface area contributed by atoms with Gasteiger partial charge in [0.2, 0.25) is 0 Å². The first kappa shape index (κ1) is 22.6. The highest BCUT2D eigenvalue weighted by Gasteiger charge is 2.09. The Bertz CT molecular complexity index is 260. The fraction of sp³-hybridized carbons (Fsp3) is 0.947. The number of nitrogens with one attached hydrogen (secondary N) is 1. The van der Waals surface area contributed by atoms with Gasteiger partial charge in [-0.25, -0.2) is 4.79 Å². The number of quaternary nitrogens is 1. The molecule has 138 valence electrons. The fourth-order valence-corrected chi connectivity index (χ4v) is 2.84. The molecule has 0 fully saturated rings. The minimum Gasteiger partial charge on any atom is -0.627 e. The number of hydrogen-bond acceptors (Lipinski definition) is 3. The molecule has 3 N–H and O–H groups in total. The summed E-state index contributed by atoms with van der Waals surface area (Å²) in [5.74, 6) is -0.193. The van der Waals surface area contributed by atoms with E-state index in [0.29, 0.717) is 25.9 Å². The third-order valence-electron chi connectivity index (χ3n) is 4.43. The lowest BCUT2D eigenvalue weighted by molar-refractivity contribution is -0.765. The minimum absolute atomic E-state index is 0.193. The Hall–Kier alpha value is -0.450. The van der Waals surface area contributed by atoms with E-state index in [2.05, 4.69) is 6.92 Å². The standard InChI is InChI=1S/C19H40N2O2/c1-2-3-4-5-6-7-8-9-10-11-12-13-14-16-19(22)21(23)18-15-17-20/h21H,2-18,20H2,1H3. The van der Waals surface area contributed by atoms with Crippen molar-refractivity contribution < 1.29 is 9.86 Å². The summed E-state index contributed by atoms with van der Waals surface area (Å²) in [6, 6.07) is 0. The maximum Gasteiger partial charge on any atom is 0.312 e. The molecule has 0 spiro atoms. The van der Waals surface area contributed by atoms with Crippen LogP contribution < -0.4 is 10.8 Å². The number of nitrogens with two attached hydrogens (primary N) is 1. The number of hydroxylamine groups is 2. The molecule has 1 unspecified atom stereocenters. The van der Waals surface area contributed by atoms with Crippen LogP contribution >= 0.6 is 0 Å². The van der Waals surface area contributed by atoms with Crippen LogP contribution in [0.3, 0.4) is 0 Å². The van der Waals surface area contributed by atoms with Gasteiger partial charge in [0.05, 0.1) is 13.0 Å². The zero-order valence-corrected chi connectivity index (χ0v) is 15.4. The van der Waals surface area contributed by atoms with E-state index in [1.807, 2.05) is 0 Å². The Morgan fingerprint density at radius 1 is 0.783 bits per heavy atom. The number of carbonyl (C=O) groups excluding carboxylic acids is 1. The summed E-state index contributed by atoms with van der Waals surface area (Å²) < 4.78 is 0. The van der Waals surface area contributed by atoms with Gasteiger partial charge in [0, 0.05) is 6.42 Å². The predicted molar refractivity (Wildman–Crippen MR) is 98.2 cm³/mol. The molecule has 0 saturated heterocycles. The summed E-state index contributed by atoms with van der Waals surface area (Å²) in [7, 11) is 0. The highest BCUT2D eigenvalue weighted by Crippen LogP contribution is 2.12. The van der Waals surface area contributed by atoms with E-state index in [0.717, 1.165) is 12.8 Å². The first-order chi connectivity index (χ1) is 11.2. The molecule has 0 aromatic heterocycles. The van der Waals surface area contributed by atoms with Gasteiger partial charge >= 0.3 is 5.91 Å². The average molecular weight is 329 g/mol. The van der Waals surface area contributed by atoms with E-state index in [9.17, 15) is 10.0 Å². The van der Waals surface area contributed by atoms with E-state index < -0.39 is 0 Å². The van der Waals surface area contributed by atoms with Crippen LogP contribution in [0.2, 0.25) is 0 Å². The van der Waals surface area contributed by atoms with Crippen molar-refractivity contribution in [3.8, 4) is 0 Å². The Kier molecular flexibility index (Phi) is 17.5. The molecule has 1 amide bonds. The van der Waals surface area contributed by atoms with Crippen molar-refractivity contribution in [3.05, 3.63) is 5.21 Å². The summed E-state index contributed by atoms with van der Waals surface area (Å²) in [6.45, 7) is 3.07. The number of carbonyl (C=O) groups is 1. The third kappa shape index (κ3) is 16.2. The van der Waals surface area contributed by atoms with Crippen LogP contribution in [0.1, 0.15) is 103 Å². The van der Waals surface area contributed by atoms with Crippen LogP contribution in [-0.2, 0) is 4.79 Å². The van der Waals surface area contributed by atoms with E-state index in [1.54, 1.807) is 0 Å². The summed E-state index contributed by atoms with van der Waals surface area (Å²) in [5.41, 5.74) is 5.34. The number of amides is 1. The lowest BCUT2D eigenvalue weighted by Gasteiger charge is -2.18. The molecule has 23 heavy (non-hydrogen) atoms. The Balaban J connectivity index is 3.19. The van der Waals surface area contributed by atoms with Crippen LogP contribution in [0.15, 0.2) is 0 Å². The molecule has 0 rings (SSSR count). The Morgan fingerprint density at radius 3 is 1.65 bits per heavy atom. The predicted octanol–water partition coefficient (Wildman–Crippen LogP) is 3.73. The zero-order valence-electron chi connectivity index (χ0n) is 15.4. The van der Waals surface area contributed by atoms with Crippen molar-refractivity contribution >= 4 is 5.91 Å². The van der Waals surface area contributed by atoms with Crippen LogP contribution in [0.25, 0.3) is 0 Å². The second kappa shape index (κ2) is 17.9. The molecule has 0 bridgehead atoms. The SMILES string of the molecule is CCCCCCCCCCCCCCCC(=O)[NH+]([O-])CCCN. The van der Waals surface area contributed by atoms with Crippen molar-refractivity contribution in [3.63, 3.8) is 0 Å². The van der Waals surface area contributed by atoms with Gasteiger partial charge in [-0.05, 0) is 13.0 Å². The highest BCUT2D eigenvalue weighted by molar-refractivity contribution is 5.66. The quantitative estimate of drug-likeness (QED) is 0.316. The van der Waals surface area contributed by atoms with Gasteiger partial charge in [0.15, 0.2) is 0 Å². The largest absolute Gasteiger partial charge is 0.627 e. The van der Waals surface area contributed by atoms with Crippen molar-refractivity contribution in [1.82, 2.24) is 0 Å².